The zero-order valence-electron chi connectivity index (χ0n) is 9.80. The number of hydrogen-bond acceptors (Lipinski definition) is 1. The number of ether oxygens (including phenoxy) is 1. The highest BCUT2D eigenvalue weighted by Crippen LogP contribution is 2.31. The van der Waals surface area contributed by atoms with Crippen molar-refractivity contribution in [3.63, 3.8) is 0 Å². The van der Waals surface area contributed by atoms with Gasteiger partial charge in [-0.25, -0.2) is 4.39 Å². The summed E-state index contributed by atoms with van der Waals surface area (Å²) in [7, 11) is 0. The van der Waals surface area contributed by atoms with Crippen molar-refractivity contribution >= 4 is 47.8 Å². The summed E-state index contributed by atoms with van der Waals surface area (Å²) in [6, 6.07) is 10.6. The van der Waals surface area contributed by atoms with Crippen LogP contribution in [0, 0.1) is 5.82 Å². The van der Waals surface area contributed by atoms with Gasteiger partial charge < -0.3 is 4.74 Å². The molecule has 2 aromatic carbocycles. The van der Waals surface area contributed by atoms with Gasteiger partial charge in [0.15, 0.2) is 0 Å². The third-order valence-corrected chi connectivity index (χ3v) is 4.29. The van der Waals surface area contributed by atoms with Gasteiger partial charge in [0.1, 0.15) is 18.2 Å². The van der Waals surface area contributed by atoms with Crippen molar-refractivity contribution < 1.29 is 9.13 Å². The largest absolute Gasteiger partial charge is 0.487 e. The van der Waals surface area contributed by atoms with Crippen LogP contribution < -0.4 is 4.74 Å². The van der Waals surface area contributed by atoms with E-state index in [1.54, 1.807) is 12.1 Å². The maximum absolute atomic E-state index is 13.6. The molecule has 0 amide bonds. The van der Waals surface area contributed by atoms with Crippen LogP contribution in [-0.2, 0) is 11.9 Å². The molecule has 0 aliphatic carbocycles. The van der Waals surface area contributed by atoms with E-state index in [2.05, 4.69) is 47.8 Å². The molecule has 0 N–H and O–H groups in total. The van der Waals surface area contributed by atoms with Crippen molar-refractivity contribution in [2.24, 2.45) is 0 Å². The molecule has 0 saturated heterocycles. The van der Waals surface area contributed by atoms with Crippen LogP contribution in [0.2, 0.25) is 0 Å². The molecule has 1 nitrogen and oxygen atoms in total. The van der Waals surface area contributed by atoms with E-state index in [9.17, 15) is 4.39 Å². The molecule has 0 spiro atoms. The summed E-state index contributed by atoms with van der Waals surface area (Å²) in [6.45, 7) is 0.188. The van der Waals surface area contributed by atoms with Gasteiger partial charge in [0.05, 0.1) is 4.47 Å². The Bertz CT molecular complexity index is 587. The lowest BCUT2D eigenvalue weighted by Crippen LogP contribution is -2.01. The molecule has 0 fully saturated rings. The van der Waals surface area contributed by atoms with Gasteiger partial charge in [-0.1, -0.05) is 44.0 Å². The minimum atomic E-state index is -0.268. The SMILES string of the molecule is Fc1ccc(Br)cc1COc1c(Br)cccc1CBr. The van der Waals surface area contributed by atoms with E-state index in [4.69, 9.17) is 4.74 Å². The topological polar surface area (TPSA) is 9.23 Å². The number of benzene rings is 2. The quantitative estimate of drug-likeness (QED) is 0.531. The summed E-state index contributed by atoms with van der Waals surface area (Å²) in [5.74, 6) is 0.467. The Morgan fingerprint density at radius 1 is 1.05 bits per heavy atom. The van der Waals surface area contributed by atoms with E-state index < -0.39 is 0 Å². The van der Waals surface area contributed by atoms with Crippen LogP contribution in [0.15, 0.2) is 45.3 Å². The van der Waals surface area contributed by atoms with Gasteiger partial charge in [-0.15, -0.1) is 0 Å². The molecule has 0 saturated carbocycles. The molecule has 0 aliphatic heterocycles. The molecule has 19 heavy (non-hydrogen) atoms. The van der Waals surface area contributed by atoms with Crippen molar-refractivity contribution in [2.45, 2.75) is 11.9 Å². The molecule has 0 unspecified atom stereocenters. The molecule has 5 heteroatoms. The third kappa shape index (κ3) is 3.80. The first-order valence-electron chi connectivity index (χ1n) is 5.52. The van der Waals surface area contributed by atoms with Gasteiger partial charge in [-0.05, 0) is 40.2 Å². The fourth-order valence-electron chi connectivity index (χ4n) is 1.62. The molecule has 2 aromatic rings. The van der Waals surface area contributed by atoms with Crippen molar-refractivity contribution in [2.75, 3.05) is 0 Å². The smallest absolute Gasteiger partial charge is 0.138 e. The van der Waals surface area contributed by atoms with E-state index in [1.165, 1.54) is 6.07 Å². The summed E-state index contributed by atoms with van der Waals surface area (Å²) < 4.78 is 21.1. The molecule has 0 atom stereocenters. The van der Waals surface area contributed by atoms with Crippen LogP contribution in [0.1, 0.15) is 11.1 Å². The highest BCUT2D eigenvalue weighted by atomic mass is 79.9. The normalized spacial score (nSPS) is 10.5. The first-order valence-corrected chi connectivity index (χ1v) is 8.22. The minimum Gasteiger partial charge on any atom is -0.487 e. The zero-order chi connectivity index (χ0) is 13.8. The van der Waals surface area contributed by atoms with Crippen molar-refractivity contribution in [3.8, 4) is 5.75 Å². The predicted octanol–water partition coefficient (Wildman–Crippen LogP) is 5.82. The molecule has 0 heterocycles. The Hall–Kier alpha value is -0.390. The van der Waals surface area contributed by atoms with Gasteiger partial charge in [0, 0.05) is 20.9 Å². The Balaban J connectivity index is 2.21. The summed E-state index contributed by atoms with van der Waals surface area (Å²) >= 11 is 10.2. The fraction of sp³-hybridized carbons (Fsp3) is 0.143. The fourth-order valence-corrected chi connectivity index (χ4v) is 3.00. The maximum atomic E-state index is 13.6. The van der Waals surface area contributed by atoms with E-state index in [0.717, 1.165) is 20.3 Å². The molecular formula is C14H10Br3FO. The minimum absolute atomic E-state index is 0.188. The summed E-state index contributed by atoms with van der Waals surface area (Å²) in [4.78, 5) is 0. The maximum Gasteiger partial charge on any atom is 0.138 e. The number of hydrogen-bond donors (Lipinski definition) is 0. The lowest BCUT2D eigenvalue weighted by molar-refractivity contribution is 0.295. The van der Waals surface area contributed by atoms with Crippen LogP contribution in [0.5, 0.6) is 5.75 Å². The number of alkyl halides is 1. The predicted molar refractivity (Wildman–Crippen MR) is 85.2 cm³/mol. The standard InChI is InChI=1S/C14H10Br3FO/c15-7-9-2-1-3-12(17)14(9)19-8-10-6-11(16)4-5-13(10)18/h1-6H,7-8H2. The van der Waals surface area contributed by atoms with E-state index >= 15 is 0 Å². The number of para-hydroxylation sites is 1. The van der Waals surface area contributed by atoms with Gasteiger partial charge in [-0.3, -0.25) is 0 Å². The summed E-state index contributed by atoms with van der Waals surface area (Å²) in [6.07, 6.45) is 0. The molecule has 0 bridgehead atoms. The lowest BCUT2D eigenvalue weighted by atomic mass is 10.2. The summed E-state index contributed by atoms with van der Waals surface area (Å²) in [5.41, 5.74) is 1.54. The zero-order valence-corrected chi connectivity index (χ0v) is 14.6. The van der Waals surface area contributed by atoms with Crippen LogP contribution >= 0.6 is 47.8 Å². The Morgan fingerprint density at radius 2 is 1.84 bits per heavy atom. The van der Waals surface area contributed by atoms with Crippen LogP contribution in [0.25, 0.3) is 0 Å². The van der Waals surface area contributed by atoms with Gasteiger partial charge in [0.2, 0.25) is 0 Å². The third-order valence-electron chi connectivity index (χ3n) is 2.57. The Morgan fingerprint density at radius 3 is 2.58 bits per heavy atom. The lowest BCUT2D eigenvalue weighted by Gasteiger charge is -2.12. The summed E-state index contributed by atoms with van der Waals surface area (Å²) in [5, 5.41) is 0.683. The molecule has 0 aliphatic rings. The molecule has 100 valence electrons. The van der Waals surface area contributed by atoms with Gasteiger partial charge >= 0.3 is 0 Å². The Labute approximate surface area is 136 Å². The average molecular weight is 453 g/mol. The van der Waals surface area contributed by atoms with Crippen molar-refractivity contribution in [1.82, 2.24) is 0 Å². The average Bonchev–Trinajstić information content (AvgIpc) is 2.40. The first-order chi connectivity index (χ1) is 9.11. The first kappa shape index (κ1) is 15.0. The van der Waals surface area contributed by atoms with Gasteiger partial charge in [-0.2, -0.15) is 0 Å². The molecule has 2 rings (SSSR count). The van der Waals surface area contributed by atoms with E-state index in [-0.39, 0.29) is 12.4 Å². The molecule has 0 radical (unpaired) electrons. The highest BCUT2D eigenvalue weighted by Gasteiger charge is 2.09. The second-order valence-electron chi connectivity index (χ2n) is 3.89. The molecular weight excluding hydrogens is 443 g/mol. The van der Waals surface area contributed by atoms with Crippen LogP contribution in [-0.4, -0.2) is 0 Å². The number of rotatable bonds is 4. The van der Waals surface area contributed by atoms with Crippen LogP contribution in [0.4, 0.5) is 4.39 Å². The monoisotopic (exact) mass is 450 g/mol. The van der Waals surface area contributed by atoms with E-state index in [1.807, 2.05) is 18.2 Å². The Kier molecular flexibility index (Phi) is 5.42. The second-order valence-corrected chi connectivity index (χ2v) is 6.22. The highest BCUT2D eigenvalue weighted by molar-refractivity contribution is 9.11. The van der Waals surface area contributed by atoms with Crippen molar-refractivity contribution in [1.29, 1.82) is 0 Å². The van der Waals surface area contributed by atoms with Crippen LogP contribution in [0.3, 0.4) is 0 Å². The molecule has 0 aromatic heterocycles. The number of halogens is 4. The second kappa shape index (κ2) is 6.86. The van der Waals surface area contributed by atoms with E-state index in [0.29, 0.717) is 10.9 Å². The van der Waals surface area contributed by atoms with Crippen molar-refractivity contribution in [3.05, 3.63) is 62.3 Å². The van der Waals surface area contributed by atoms with Gasteiger partial charge in [0.25, 0.3) is 0 Å².